The second-order valence-corrected chi connectivity index (χ2v) is 3.44. The summed E-state index contributed by atoms with van der Waals surface area (Å²) in [6.07, 6.45) is 3.35. The molecule has 0 bridgehead atoms. The van der Waals surface area contributed by atoms with Crippen molar-refractivity contribution >= 4 is 0 Å². The van der Waals surface area contributed by atoms with E-state index in [4.69, 9.17) is 15.4 Å². The van der Waals surface area contributed by atoms with Crippen molar-refractivity contribution in [3.63, 3.8) is 0 Å². The van der Waals surface area contributed by atoms with Crippen LogP contribution in [-0.2, 0) is 0 Å². The molecule has 0 aliphatic heterocycles. The minimum atomic E-state index is -0.641. The first-order valence-electron chi connectivity index (χ1n) is 4.83. The van der Waals surface area contributed by atoms with Crippen LogP contribution in [0.5, 0.6) is 0 Å². The molecule has 0 aliphatic rings. The van der Waals surface area contributed by atoms with Crippen LogP contribution in [0.15, 0.2) is 23.0 Å². The number of hydrogen-bond acceptors (Lipinski definition) is 6. The number of aromatic nitrogens is 3. The van der Waals surface area contributed by atoms with E-state index in [-0.39, 0.29) is 12.5 Å². The molecule has 0 saturated carbocycles. The van der Waals surface area contributed by atoms with Crippen LogP contribution in [0, 0.1) is 6.92 Å². The summed E-state index contributed by atoms with van der Waals surface area (Å²) in [4.78, 5) is 8.10. The average molecular weight is 220 g/mol. The van der Waals surface area contributed by atoms with Crippen LogP contribution in [0.1, 0.15) is 17.5 Å². The Morgan fingerprint density at radius 3 is 3.06 bits per heavy atom. The van der Waals surface area contributed by atoms with E-state index in [0.29, 0.717) is 5.82 Å². The molecule has 0 amide bonds. The summed E-state index contributed by atoms with van der Waals surface area (Å²) in [5.41, 5.74) is 7.36. The smallest absolute Gasteiger partial charge is 0.246 e. The van der Waals surface area contributed by atoms with E-state index in [1.54, 1.807) is 12.4 Å². The van der Waals surface area contributed by atoms with E-state index in [1.165, 1.54) is 0 Å². The third-order valence-electron chi connectivity index (χ3n) is 2.24. The molecule has 0 unspecified atom stereocenters. The van der Waals surface area contributed by atoms with Gasteiger partial charge >= 0.3 is 0 Å². The highest BCUT2D eigenvalue weighted by atomic mass is 16.5. The van der Waals surface area contributed by atoms with Crippen LogP contribution in [-0.4, -0.2) is 26.8 Å². The van der Waals surface area contributed by atoms with Gasteiger partial charge in [0.1, 0.15) is 6.04 Å². The van der Waals surface area contributed by atoms with E-state index in [0.717, 1.165) is 11.1 Å². The zero-order chi connectivity index (χ0) is 11.5. The normalized spacial score (nSPS) is 12.7. The van der Waals surface area contributed by atoms with Gasteiger partial charge in [-0.15, -0.1) is 0 Å². The predicted molar refractivity (Wildman–Crippen MR) is 56.3 cm³/mol. The van der Waals surface area contributed by atoms with Gasteiger partial charge in [0.2, 0.25) is 11.7 Å². The summed E-state index contributed by atoms with van der Waals surface area (Å²) in [5.74, 6) is 0.658. The molecule has 2 aromatic heterocycles. The lowest BCUT2D eigenvalue weighted by molar-refractivity contribution is 0.237. The van der Waals surface area contributed by atoms with Gasteiger partial charge in [-0.3, -0.25) is 4.98 Å². The number of aryl methyl sites for hydroxylation is 1. The summed E-state index contributed by atoms with van der Waals surface area (Å²) < 4.78 is 4.95. The van der Waals surface area contributed by atoms with Crippen LogP contribution in [0.3, 0.4) is 0 Å². The summed E-state index contributed by atoms with van der Waals surface area (Å²) in [7, 11) is 0. The summed E-state index contributed by atoms with van der Waals surface area (Å²) in [6, 6.07) is 1.22. The van der Waals surface area contributed by atoms with E-state index >= 15 is 0 Å². The third kappa shape index (κ3) is 1.93. The van der Waals surface area contributed by atoms with E-state index in [2.05, 4.69) is 15.1 Å². The van der Waals surface area contributed by atoms with Crippen molar-refractivity contribution in [3.05, 3.63) is 29.9 Å². The lowest BCUT2D eigenvalue weighted by Gasteiger charge is -1.99. The zero-order valence-corrected chi connectivity index (χ0v) is 8.79. The Morgan fingerprint density at radius 1 is 1.56 bits per heavy atom. The summed E-state index contributed by atoms with van der Waals surface area (Å²) >= 11 is 0. The molecule has 2 rings (SSSR count). The van der Waals surface area contributed by atoms with Crippen molar-refractivity contribution in [1.29, 1.82) is 0 Å². The van der Waals surface area contributed by atoms with Gasteiger partial charge in [-0.2, -0.15) is 4.98 Å². The quantitative estimate of drug-likeness (QED) is 0.778. The first-order chi connectivity index (χ1) is 7.72. The second-order valence-electron chi connectivity index (χ2n) is 3.44. The molecule has 2 aromatic rings. The molecule has 0 spiro atoms. The van der Waals surface area contributed by atoms with Crippen molar-refractivity contribution < 1.29 is 9.63 Å². The Morgan fingerprint density at radius 2 is 2.38 bits per heavy atom. The Labute approximate surface area is 92.1 Å². The van der Waals surface area contributed by atoms with Gasteiger partial charge in [-0.1, -0.05) is 5.16 Å². The highest BCUT2D eigenvalue weighted by Crippen LogP contribution is 2.20. The van der Waals surface area contributed by atoms with Gasteiger partial charge in [0.15, 0.2) is 0 Å². The summed E-state index contributed by atoms with van der Waals surface area (Å²) in [6.45, 7) is 1.70. The van der Waals surface area contributed by atoms with Crippen LogP contribution in [0.25, 0.3) is 11.4 Å². The molecule has 0 fully saturated rings. The van der Waals surface area contributed by atoms with E-state index in [1.807, 2.05) is 13.0 Å². The minimum absolute atomic E-state index is 0.223. The Hall–Kier alpha value is -1.79. The minimum Gasteiger partial charge on any atom is -0.394 e. The lowest BCUT2D eigenvalue weighted by Crippen LogP contribution is -2.14. The summed E-state index contributed by atoms with van der Waals surface area (Å²) in [5, 5.41) is 12.7. The first kappa shape index (κ1) is 10.7. The van der Waals surface area contributed by atoms with Crippen molar-refractivity contribution in [3.8, 4) is 11.4 Å². The lowest BCUT2D eigenvalue weighted by atomic mass is 10.1. The number of nitrogens with zero attached hydrogens (tertiary/aromatic N) is 3. The van der Waals surface area contributed by atoms with E-state index < -0.39 is 6.04 Å². The molecule has 84 valence electrons. The monoisotopic (exact) mass is 220 g/mol. The maximum Gasteiger partial charge on any atom is 0.246 e. The largest absolute Gasteiger partial charge is 0.394 e. The second kappa shape index (κ2) is 4.38. The van der Waals surface area contributed by atoms with Gasteiger partial charge < -0.3 is 15.4 Å². The molecule has 0 aromatic carbocycles. The van der Waals surface area contributed by atoms with Crippen molar-refractivity contribution in [1.82, 2.24) is 15.1 Å². The Balaban J connectivity index is 2.35. The maximum atomic E-state index is 8.86. The third-order valence-corrected chi connectivity index (χ3v) is 2.24. The molecule has 3 N–H and O–H groups in total. The number of rotatable bonds is 3. The fourth-order valence-corrected chi connectivity index (χ4v) is 1.27. The molecule has 0 radical (unpaired) electrons. The highest BCUT2D eigenvalue weighted by molar-refractivity contribution is 5.57. The predicted octanol–water partition coefficient (Wildman–Crippen LogP) is 0.432. The Bertz CT molecular complexity index is 483. The standard InChI is InChI=1S/C10H12N4O2/c1-6-2-3-12-4-7(6)9-13-10(16-14-9)8(11)5-15/h2-4,8,15H,5,11H2,1H3/t8-/m0/s1. The fourth-order valence-electron chi connectivity index (χ4n) is 1.27. The van der Waals surface area contributed by atoms with E-state index in [9.17, 15) is 0 Å². The molecular weight excluding hydrogens is 208 g/mol. The van der Waals surface area contributed by atoms with Crippen molar-refractivity contribution in [2.45, 2.75) is 13.0 Å². The molecule has 1 atom stereocenters. The first-order valence-corrected chi connectivity index (χ1v) is 4.83. The molecular formula is C10H12N4O2. The topological polar surface area (TPSA) is 98.1 Å². The molecule has 16 heavy (non-hydrogen) atoms. The SMILES string of the molecule is Cc1ccncc1-c1noc([C@@H](N)CO)n1. The van der Waals surface area contributed by atoms with Gasteiger partial charge in [-0.25, -0.2) is 0 Å². The zero-order valence-electron chi connectivity index (χ0n) is 8.79. The van der Waals surface area contributed by atoms with Crippen molar-refractivity contribution in [2.75, 3.05) is 6.61 Å². The molecule has 0 saturated heterocycles. The number of aliphatic hydroxyl groups excluding tert-OH is 1. The van der Waals surface area contributed by atoms with Crippen LogP contribution >= 0.6 is 0 Å². The van der Waals surface area contributed by atoms with Crippen LogP contribution in [0.4, 0.5) is 0 Å². The van der Waals surface area contributed by atoms with Gasteiger partial charge in [0.25, 0.3) is 0 Å². The average Bonchev–Trinajstić information content (AvgIpc) is 2.78. The Kier molecular flexibility index (Phi) is 2.93. The van der Waals surface area contributed by atoms with Crippen LogP contribution in [0.2, 0.25) is 0 Å². The number of nitrogens with two attached hydrogens (primary N) is 1. The van der Waals surface area contributed by atoms with Gasteiger partial charge in [0, 0.05) is 18.0 Å². The number of aliphatic hydroxyl groups is 1. The van der Waals surface area contributed by atoms with Gasteiger partial charge in [0.05, 0.1) is 6.61 Å². The van der Waals surface area contributed by atoms with Crippen LogP contribution < -0.4 is 5.73 Å². The molecule has 6 nitrogen and oxygen atoms in total. The van der Waals surface area contributed by atoms with Crippen molar-refractivity contribution in [2.24, 2.45) is 5.73 Å². The molecule has 2 heterocycles. The number of pyridine rings is 1. The number of hydrogen-bond donors (Lipinski definition) is 2. The molecule has 0 aliphatic carbocycles. The van der Waals surface area contributed by atoms with Gasteiger partial charge in [-0.05, 0) is 18.6 Å². The highest BCUT2D eigenvalue weighted by Gasteiger charge is 2.15. The maximum absolute atomic E-state index is 8.86. The fraction of sp³-hybridized carbons (Fsp3) is 0.300. The molecule has 6 heteroatoms.